The number of nitrogens with one attached hydrogen (secondary N) is 1. The van der Waals surface area contributed by atoms with Gasteiger partial charge in [0, 0.05) is 51.1 Å². The zero-order valence-electron chi connectivity index (χ0n) is 27.5. The fourth-order valence-corrected chi connectivity index (χ4v) is 6.86. The lowest BCUT2D eigenvalue weighted by atomic mass is 10.0. The molecule has 258 valence electrons. The van der Waals surface area contributed by atoms with E-state index in [-0.39, 0.29) is 53.5 Å². The Morgan fingerprint density at radius 2 is 1.91 bits per heavy atom. The molecule has 3 aromatic rings. The Morgan fingerprint density at radius 3 is 2.60 bits per heavy atom. The van der Waals surface area contributed by atoms with Crippen molar-refractivity contribution in [3.05, 3.63) is 70.1 Å². The Bertz CT molecular complexity index is 1620. The van der Waals surface area contributed by atoms with Gasteiger partial charge in [-0.1, -0.05) is 36.2 Å². The van der Waals surface area contributed by atoms with E-state index in [4.69, 9.17) is 32.7 Å². The number of carbonyl (C=O) groups excluding carboxylic acids is 1. The number of aliphatic hydroxyl groups is 1. The summed E-state index contributed by atoms with van der Waals surface area (Å²) in [6.07, 6.45) is 4.79. The summed E-state index contributed by atoms with van der Waals surface area (Å²) in [6, 6.07) is 9.71. The molecule has 1 aliphatic heterocycles. The van der Waals surface area contributed by atoms with E-state index < -0.39 is 16.1 Å². The lowest BCUT2D eigenvalue weighted by molar-refractivity contribution is -0.0177. The molecule has 0 fully saturated rings. The second-order valence-corrected chi connectivity index (χ2v) is 14.9. The number of likely N-dealkylation sites (N-methyl/N-ethyl adjacent to an activating group) is 1. The number of fused-ring (bicyclic) bond motifs is 1. The highest BCUT2D eigenvalue weighted by molar-refractivity contribution is 7.92. The summed E-state index contributed by atoms with van der Waals surface area (Å²) in [7, 11) is -0.325. The molecule has 2 N–H and O–H groups in total. The van der Waals surface area contributed by atoms with E-state index in [1.807, 2.05) is 33.0 Å². The largest absolute Gasteiger partial charge is 0.490 e. The van der Waals surface area contributed by atoms with Crippen LogP contribution in [0.2, 0.25) is 10.0 Å². The first-order valence-corrected chi connectivity index (χ1v) is 18.0. The highest BCUT2D eigenvalue weighted by atomic mass is 35.5. The van der Waals surface area contributed by atoms with Crippen LogP contribution in [-0.4, -0.2) is 90.4 Å². The summed E-state index contributed by atoms with van der Waals surface area (Å²) in [6.45, 7) is 7.54. The third-order valence-electron chi connectivity index (χ3n) is 8.19. The molecule has 0 saturated carbocycles. The number of nitrogens with zero attached hydrogens (tertiary/aromatic N) is 4. The Labute approximate surface area is 287 Å². The van der Waals surface area contributed by atoms with E-state index in [0.29, 0.717) is 35.5 Å². The van der Waals surface area contributed by atoms with Gasteiger partial charge in [0.15, 0.2) is 5.03 Å². The molecule has 4 rings (SSSR count). The molecular weight excluding hydrogens is 665 g/mol. The minimum atomic E-state index is -4.01. The van der Waals surface area contributed by atoms with Gasteiger partial charge in [-0.15, -0.1) is 0 Å². The maximum Gasteiger partial charge on any atom is 0.280 e. The number of aliphatic hydroxyl groups excluding tert-OH is 1. The van der Waals surface area contributed by atoms with Crippen molar-refractivity contribution in [2.75, 3.05) is 38.1 Å². The second kappa shape index (κ2) is 16.5. The summed E-state index contributed by atoms with van der Waals surface area (Å²) in [5, 5.41) is 11.1. The maximum absolute atomic E-state index is 14.3. The van der Waals surface area contributed by atoms with Crippen LogP contribution in [0.3, 0.4) is 0 Å². The highest BCUT2D eigenvalue weighted by Crippen LogP contribution is 2.30. The van der Waals surface area contributed by atoms with Crippen molar-refractivity contribution in [2.24, 2.45) is 13.0 Å². The van der Waals surface area contributed by atoms with E-state index in [9.17, 15) is 18.3 Å². The molecule has 0 spiro atoms. The number of sulfonamides is 1. The molecule has 0 saturated heterocycles. The molecule has 14 heteroatoms. The van der Waals surface area contributed by atoms with Gasteiger partial charge in [-0.3, -0.25) is 14.4 Å². The van der Waals surface area contributed by atoms with Crippen LogP contribution in [0.1, 0.15) is 56.0 Å². The zero-order chi connectivity index (χ0) is 34.3. The third-order valence-corrected chi connectivity index (χ3v) is 10.2. The van der Waals surface area contributed by atoms with Crippen LogP contribution in [0.25, 0.3) is 0 Å². The van der Waals surface area contributed by atoms with Crippen LogP contribution >= 0.6 is 23.2 Å². The molecule has 1 aliphatic rings. The lowest BCUT2D eigenvalue weighted by Crippen LogP contribution is -2.47. The van der Waals surface area contributed by atoms with E-state index in [2.05, 4.69) is 14.6 Å². The fraction of sp³-hybridized carbons (Fsp3) is 0.515. The molecule has 1 aromatic heterocycles. The van der Waals surface area contributed by atoms with Crippen LogP contribution in [0.4, 0.5) is 5.69 Å². The third kappa shape index (κ3) is 10.1. The molecule has 47 heavy (non-hydrogen) atoms. The minimum absolute atomic E-state index is 0.124. The molecule has 4 atom stereocenters. The predicted octanol–water partition coefficient (Wildman–Crippen LogP) is 5.46. The summed E-state index contributed by atoms with van der Waals surface area (Å²) in [5.74, 6) is -0.168. The van der Waals surface area contributed by atoms with Crippen LogP contribution in [0, 0.1) is 5.92 Å². The Balaban J connectivity index is 1.63. The van der Waals surface area contributed by atoms with Crippen molar-refractivity contribution in [3.63, 3.8) is 0 Å². The van der Waals surface area contributed by atoms with Gasteiger partial charge in [0.25, 0.3) is 15.9 Å². The number of carbonyl (C=O) groups is 1. The molecule has 0 unspecified atom stereocenters. The topological polar surface area (TPSA) is 126 Å². The number of anilines is 1. The fourth-order valence-electron chi connectivity index (χ4n) is 5.51. The first kappa shape index (κ1) is 37.0. The highest BCUT2D eigenvalue weighted by Gasteiger charge is 2.31. The summed E-state index contributed by atoms with van der Waals surface area (Å²) < 4.78 is 42.9. The van der Waals surface area contributed by atoms with E-state index in [0.717, 1.165) is 24.8 Å². The monoisotopic (exact) mass is 709 g/mol. The van der Waals surface area contributed by atoms with Crippen molar-refractivity contribution in [1.82, 2.24) is 19.4 Å². The number of amides is 1. The quantitative estimate of drug-likeness (QED) is 0.300. The smallest absolute Gasteiger partial charge is 0.280 e. The van der Waals surface area contributed by atoms with Gasteiger partial charge in [-0.05, 0) is 76.1 Å². The minimum Gasteiger partial charge on any atom is -0.490 e. The van der Waals surface area contributed by atoms with Crippen LogP contribution < -0.4 is 9.46 Å². The number of aromatic nitrogens is 2. The van der Waals surface area contributed by atoms with Crippen molar-refractivity contribution in [1.29, 1.82) is 0 Å². The summed E-state index contributed by atoms with van der Waals surface area (Å²) >= 11 is 12.4. The van der Waals surface area contributed by atoms with Gasteiger partial charge < -0.3 is 24.0 Å². The number of rotatable bonds is 9. The number of aryl methyl sites for hydroxylation is 1. The summed E-state index contributed by atoms with van der Waals surface area (Å²) in [4.78, 5) is 22.1. The lowest BCUT2D eigenvalue weighted by Gasteiger charge is -2.36. The van der Waals surface area contributed by atoms with Gasteiger partial charge in [-0.25, -0.2) is 4.98 Å². The van der Waals surface area contributed by atoms with Gasteiger partial charge in [0.05, 0.1) is 46.8 Å². The van der Waals surface area contributed by atoms with Crippen LogP contribution in [-0.2, 0) is 28.4 Å². The molecule has 0 aliphatic carbocycles. The number of hydrogen-bond acceptors (Lipinski definition) is 8. The first-order valence-electron chi connectivity index (χ1n) is 15.7. The molecule has 1 amide bonds. The Morgan fingerprint density at radius 1 is 1.15 bits per heavy atom. The van der Waals surface area contributed by atoms with Crippen LogP contribution in [0.15, 0.2) is 53.9 Å². The molecule has 11 nitrogen and oxygen atoms in total. The normalized spacial score (nSPS) is 20.7. The molecule has 2 aromatic carbocycles. The average molecular weight is 711 g/mol. The number of imidazole rings is 1. The van der Waals surface area contributed by atoms with E-state index in [1.54, 1.807) is 37.1 Å². The Kier molecular flexibility index (Phi) is 13.0. The van der Waals surface area contributed by atoms with Crippen molar-refractivity contribution < 1.29 is 27.8 Å². The number of hydrogen-bond donors (Lipinski definition) is 2. The first-order chi connectivity index (χ1) is 22.3. The molecule has 0 radical (unpaired) electrons. The number of benzene rings is 2. The molecule has 2 heterocycles. The van der Waals surface area contributed by atoms with Gasteiger partial charge in [0.1, 0.15) is 5.75 Å². The van der Waals surface area contributed by atoms with E-state index >= 15 is 0 Å². The van der Waals surface area contributed by atoms with Gasteiger partial charge >= 0.3 is 0 Å². The predicted molar refractivity (Wildman–Crippen MR) is 184 cm³/mol. The van der Waals surface area contributed by atoms with E-state index in [1.165, 1.54) is 23.2 Å². The van der Waals surface area contributed by atoms with Gasteiger partial charge in [-0.2, -0.15) is 8.42 Å². The summed E-state index contributed by atoms with van der Waals surface area (Å²) in [5.41, 5.74) is 1.40. The second-order valence-electron chi connectivity index (χ2n) is 12.4. The number of ether oxygens (including phenoxy) is 2. The zero-order valence-corrected chi connectivity index (χ0v) is 29.9. The molecular formula is C33H45Cl2N5O6S. The standard InChI is InChI=1S/C33H45Cl2N5O6S/c1-22-16-40(23(2)20-41)33(42)27-15-26(37-47(43,44)32-19-39(5)21-36-32)10-12-30(27)46-24(3)8-6-7-13-45-31(22)18-38(4)17-25-9-11-28(34)29(35)14-25/h9-12,14-15,19,21-24,31,37,41H,6-8,13,16-18,20H2,1-5H3/t22-,23-,24+,31+/m0/s1. The van der Waals surface area contributed by atoms with Crippen molar-refractivity contribution >= 4 is 44.8 Å². The number of halogens is 2. The van der Waals surface area contributed by atoms with Gasteiger partial charge in [0.2, 0.25) is 0 Å². The van der Waals surface area contributed by atoms with Crippen LogP contribution in [0.5, 0.6) is 5.75 Å². The van der Waals surface area contributed by atoms with Crippen molar-refractivity contribution in [3.8, 4) is 5.75 Å². The van der Waals surface area contributed by atoms with Crippen molar-refractivity contribution in [2.45, 2.75) is 69.9 Å². The maximum atomic E-state index is 14.3. The average Bonchev–Trinajstić information content (AvgIpc) is 3.47. The molecule has 0 bridgehead atoms. The SMILES string of the molecule is C[C@@H]1CCCCO[C@H](CN(C)Cc2ccc(Cl)c(Cl)c2)[C@@H](C)CN([C@@H](C)CO)C(=O)c2cc(NS(=O)(=O)c3cn(C)cn3)ccc2O1. The Hall–Kier alpha value is -2.87.